The van der Waals surface area contributed by atoms with E-state index in [2.05, 4.69) is 95.8 Å². The summed E-state index contributed by atoms with van der Waals surface area (Å²) in [5.41, 5.74) is 8.03. The summed E-state index contributed by atoms with van der Waals surface area (Å²) in [5.74, 6) is 0. The van der Waals surface area contributed by atoms with Gasteiger partial charge >= 0.3 is 0 Å². The molecule has 1 aliphatic rings. The minimum absolute atomic E-state index is 0.811. The zero-order valence-electron chi connectivity index (χ0n) is 15.0. The molecule has 0 atom stereocenters. The number of rotatable bonds is 1. The first kappa shape index (κ1) is 15.7. The number of para-hydroxylation sites is 1. The predicted octanol–water partition coefficient (Wildman–Crippen LogP) is 6.54. The largest absolute Gasteiger partial charge is 0.381 e. The van der Waals surface area contributed by atoms with Gasteiger partial charge in [0.1, 0.15) is 0 Å². The van der Waals surface area contributed by atoms with Gasteiger partial charge < -0.3 is 10.3 Å². The standard InChI is InChI=1S/C25H20N2/c1-17-7-3-2-6-14-26-23-12-10-18(15-21(17)23)19-11-13-25-22(16-19)20-8-4-5-9-24(20)27-25/h2-13,15-16,26-27H,1,14H2/b6-2-,7-3-. The van der Waals surface area contributed by atoms with Gasteiger partial charge in [-0.15, -0.1) is 0 Å². The van der Waals surface area contributed by atoms with Crippen molar-refractivity contribution in [2.75, 3.05) is 11.9 Å². The van der Waals surface area contributed by atoms with Crippen molar-refractivity contribution in [2.45, 2.75) is 0 Å². The fourth-order valence-corrected chi connectivity index (χ4v) is 3.75. The van der Waals surface area contributed by atoms with Crippen LogP contribution < -0.4 is 5.32 Å². The number of hydrogen-bond donors (Lipinski definition) is 2. The van der Waals surface area contributed by atoms with Gasteiger partial charge in [0, 0.05) is 39.6 Å². The summed E-state index contributed by atoms with van der Waals surface area (Å²) in [6.45, 7) is 5.06. The van der Waals surface area contributed by atoms with Crippen LogP contribution in [0.3, 0.4) is 0 Å². The first-order valence-electron chi connectivity index (χ1n) is 9.21. The van der Waals surface area contributed by atoms with Gasteiger partial charge in [0.25, 0.3) is 0 Å². The summed E-state index contributed by atoms with van der Waals surface area (Å²) < 4.78 is 0. The fourth-order valence-electron chi connectivity index (χ4n) is 3.75. The summed E-state index contributed by atoms with van der Waals surface area (Å²) in [7, 11) is 0. The normalized spacial score (nSPS) is 16.2. The molecule has 0 bridgehead atoms. The molecular formula is C25H20N2. The second-order valence-corrected chi connectivity index (χ2v) is 6.88. The molecule has 4 aromatic rings. The second-order valence-electron chi connectivity index (χ2n) is 6.88. The number of anilines is 1. The van der Waals surface area contributed by atoms with Crippen LogP contribution in [0.4, 0.5) is 5.69 Å². The van der Waals surface area contributed by atoms with Crippen LogP contribution in [-0.4, -0.2) is 11.5 Å². The number of aromatic amines is 1. The molecule has 27 heavy (non-hydrogen) atoms. The van der Waals surface area contributed by atoms with Crippen molar-refractivity contribution >= 4 is 33.1 Å². The van der Waals surface area contributed by atoms with Crippen LogP contribution in [0.2, 0.25) is 0 Å². The highest BCUT2D eigenvalue weighted by Crippen LogP contribution is 2.33. The molecule has 3 aromatic carbocycles. The maximum atomic E-state index is 4.25. The minimum Gasteiger partial charge on any atom is -0.381 e. The van der Waals surface area contributed by atoms with Crippen LogP contribution in [0.15, 0.2) is 91.5 Å². The van der Waals surface area contributed by atoms with E-state index in [1.807, 2.05) is 6.08 Å². The Kier molecular flexibility index (Phi) is 3.68. The minimum atomic E-state index is 0.811. The number of fused-ring (bicyclic) bond motifs is 4. The van der Waals surface area contributed by atoms with Crippen molar-refractivity contribution < 1.29 is 0 Å². The van der Waals surface area contributed by atoms with Crippen molar-refractivity contribution in [2.24, 2.45) is 0 Å². The summed E-state index contributed by atoms with van der Waals surface area (Å²) >= 11 is 0. The molecule has 0 saturated heterocycles. The Morgan fingerprint density at radius 2 is 1.59 bits per heavy atom. The quantitative estimate of drug-likeness (QED) is 0.401. The highest BCUT2D eigenvalue weighted by molar-refractivity contribution is 6.08. The molecule has 1 aliphatic heterocycles. The van der Waals surface area contributed by atoms with E-state index in [1.54, 1.807) is 0 Å². The molecule has 0 spiro atoms. The third kappa shape index (κ3) is 2.76. The lowest BCUT2D eigenvalue weighted by Gasteiger charge is -2.13. The molecule has 0 radical (unpaired) electrons. The Balaban J connectivity index is 1.65. The average Bonchev–Trinajstić information content (AvgIpc) is 3.11. The lowest BCUT2D eigenvalue weighted by molar-refractivity contribution is 1.33. The summed E-state index contributed by atoms with van der Waals surface area (Å²) in [5, 5.41) is 5.99. The molecule has 0 aliphatic carbocycles. The Labute approximate surface area is 158 Å². The van der Waals surface area contributed by atoms with Crippen LogP contribution in [0, 0.1) is 0 Å². The number of benzene rings is 3. The molecule has 0 unspecified atom stereocenters. The highest BCUT2D eigenvalue weighted by atomic mass is 14.9. The molecule has 2 N–H and O–H groups in total. The molecule has 5 rings (SSSR count). The number of H-pyrrole nitrogens is 1. The lowest BCUT2D eigenvalue weighted by Crippen LogP contribution is -2.00. The number of hydrogen-bond acceptors (Lipinski definition) is 1. The molecule has 2 heterocycles. The summed E-state index contributed by atoms with van der Waals surface area (Å²) in [6.07, 6.45) is 8.27. The van der Waals surface area contributed by atoms with Crippen LogP contribution in [0.5, 0.6) is 0 Å². The third-order valence-electron chi connectivity index (χ3n) is 5.16. The van der Waals surface area contributed by atoms with Crippen LogP contribution in [-0.2, 0) is 0 Å². The van der Waals surface area contributed by atoms with Gasteiger partial charge in [-0.05, 0) is 47.0 Å². The van der Waals surface area contributed by atoms with Gasteiger partial charge in [0.2, 0.25) is 0 Å². The predicted molar refractivity (Wildman–Crippen MR) is 117 cm³/mol. The zero-order chi connectivity index (χ0) is 18.2. The van der Waals surface area contributed by atoms with Crippen LogP contribution in [0.1, 0.15) is 5.56 Å². The topological polar surface area (TPSA) is 27.8 Å². The van der Waals surface area contributed by atoms with Crippen molar-refractivity contribution in [3.8, 4) is 11.1 Å². The van der Waals surface area contributed by atoms with Crippen molar-refractivity contribution in [1.29, 1.82) is 0 Å². The van der Waals surface area contributed by atoms with Crippen molar-refractivity contribution in [3.63, 3.8) is 0 Å². The third-order valence-corrected chi connectivity index (χ3v) is 5.16. The van der Waals surface area contributed by atoms with E-state index in [1.165, 1.54) is 32.9 Å². The fraction of sp³-hybridized carbons (Fsp3) is 0.0400. The number of nitrogens with one attached hydrogen (secondary N) is 2. The van der Waals surface area contributed by atoms with Gasteiger partial charge in [0.05, 0.1) is 0 Å². The molecular weight excluding hydrogens is 328 g/mol. The van der Waals surface area contributed by atoms with Gasteiger partial charge in [-0.2, -0.15) is 0 Å². The smallest absolute Gasteiger partial charge is 0.0465 e. The van der Waals surface area contributed by atoms with Crippen molar-refractivity contribution in [3.05, 3.63) is 97.1 Å². The van der Waals surface area contributed by atoms with Crippen LogP contribution >= 0.6 is 0 Å². The molecule has 0 fully saturated rings. The van der Waals surface area contributed by atoms with Gasteiger partial charge in [-0.1, -0.05) is 61.2 Å². The van der Waals surface area contributed by atoms with E-state index >= 15 is 0 Å². The molecule has 0 saturated carbocycles. The maximum Gasteiger partial charge on any atom is 0.0465 e. The maximum absolute atomic E-state index is 4.25. The van der Waals surface area contributed by atoms with Gasteiger partial charge in [-0.3, -0.25) is 0 Å². The van der Waals surface area contributed by atoms with E-state index < -0.39 is 0 Å². The van der Waals surface area contributed by atoms with E-state index in [4.69, 9.17) is 0 Å². The van der Waals surface area contributed by atoms with Gasteiger partial charge in [-0.25, -0.2) is 0 Å². The average molecular weight is 348 g/mol. The monoisotopic (exact) mass is 348 g/mol. The summed E-state index contributed by atoms with van der Waals surface area (Å²) in [4.78, 5) is 3.50. The molecule has 1 aromatic heterocycles. The molecule has 2 nitrogen and oxygen atoms in total. The van der Waals surface area contributed by atoms with E-state index in [0.29, 0.717) is 0 Å². The van der Waals surface area contributed by atoms with Crippen molar-refractivity contribution in [1.82, 2.24) is 4.98 Å². The SMILES string of the molecule is C=C1/C=C\C=C/CNc2ccc(-c3ccc4[nH]c5ccccc5c4c3)cc21. The first-order chi connectivity index (χ1) is 13.3. The summed E-state index contributed by atoms with van der Waals surface area (Å²) in [6, 6.07) is 21.7. The van der Waals surface area contributed by atoms with Crippen LogP contribution in [0.25, 0.3) is 38.5 Å². The Morgan fingerprint density at radius 3 is 2.56 bits per heavy atom. The van der Waals surface area contributed by atoms with Gasteiger partial charge in [0.15, 0.2) is 0 Å². The molecule has 2 heteroatoms. The molecule has 0 amide bonds. The second kappa shape index (κ2) is 6.33. The first-order valence-corrected chi connectivity index (χ1v) is 9.21. The lowest BCUT2D eigenvalue weighted by atomic mass is 9.96. The van der Waals surface area contributed by atoms with E-state index in [0.717, 1.165) is 23.4 Å². The number of allylic oxidation sites excluding steroid dienone is 4. The zero-order valence-corrected chi connectivity index (χ0v) is 15.0. The Bertz CT molecular complexity index is 1240. The molecule has 130 valence electrons. The highest BCUT2D eigenvalue weighted by Gasteiger charge is 2.10. The Hall–Kier alpha value is -3.52. The number of aromatic nitrogens is 1. The van der Waals surface area contributed by atoms with E-state index in [9.17, 15) is 0 Å². The Morgan fingerprint density at radius 1 is 0.778 bits per heavy atom. The van der Waals surface area contributed by atoms with E-state index in [-0.39, 0.29) is 0 Å².